The third-order valence-corrected chi connectivity index (χ3v) is 6.25. The van der Waals surface area contributed by atoms with Crippen LogP contribution in [0.3, 0.4) is 0 Å². The van der Waals surface area contributed by atoms with Crippen LogP contribution in [0.1, 0.15) is 26.7 Å². The molecular formula is C11H19N3O4S. The molecule has 0 unspecified atom stereocenters. The van der Waals surface area contributed by atoms with Crippen molar-refractivity contribution >= 4 is 21.8 Å². The van der Waals surface area contributed by atoms with Crippen LogP contribution in [-0.4, -0.2) is 55.0 Å². The van der Waals surface area contributed by atoms with E-state index in [0.717, 1.165) is 4.31 Å². The quantitative estimate of drug-likeness (QED) is 0.623. The van der Waals surface area contributed by atoms with Gasteiger partial charge in [0.15, 0.2) is 0 Å². The second-order valence-electron chi connectivity index (χ2n) is 5.44. The molecule has 0 radical (unpaired) electrons. The summed E-state index contributed by atoms with van der Waals surface area (Å²) in [6.07, 6.45) is 1.01. The average Bonchev–Trinajstić information content (AvgIpc) is 2.35. The molecule has 2 rings (SSSR count). The molecule has 0 aromatic rings. The van der Waals surface area contributed by atoms with E-state index >= 15 is 0 Å². The second kappa shape index (κ2) is 4.84. The van der Waals surface area contributed by atoms with Gasteiger partial charge >= 0.3 is 0 Å². The summed E-state index contributed by atoms with van der Waals surface area (Å²) in [6, 6.07) is 0. The van der Waals surface area contributed by atoms with Crippen molar-refractivity contribution in [3.05, 3.63) is 0 Å². The molecule has 0 spiro atoms. The van der Waals surface area contributed by atoms with Gasteiger partial charge in [-0.25, -0.2) is 8.42 Å². The summed E-state index contributed by atoms with van der Waals surface area (Å²) >= 11 is 0. The first-order valence-electron chi connectivity index (χ1n) is 6.33. The van der Waals surface area contributed by atoms with Crippen molar-refractivity contribution in [2.75, 3.05) is 19.6 Å². The highest BCUT2D eigenvalue weighted by Crippen LogP contribution is 2.27. The fourth-order valence-electron chi connectivity index (χ4n) is 2.44. The number of piperazine rings is 1. The molecule has 19 heavy (non-hydrogen) atoms. The summed E-state index contributed by atoms with van der Waals surface area (Å²) in [4.78, 5) is 23.3. The Kier molecular flexibility index (Phi) is 3.67. The van der Waals surface area contributed by atoms with Crippen LogP contribution < -0.4 is 10.6 Å². The normalized spacial score (nSPS) is 26.2. The molecule has 2 aliphatic heterocycles. The number of nitrogens with zero attached hydrogens (tertiary/aromatic N) is 1. The van der Waals surface area contributed by atoms with Crippen molar-refractivity contribution in [2.24, 2.45) is 0 Å². The fourth-order valence-corrected chi connectivity index (χ4v) is 4.65. The number of hydrogen-bond donors (Lipinski definition) is 2. The van der Waals surface area contributed by atoms with E-state index in [1.54, 1.807) is 0 Å². The zero-order valence-corrected chi connectivity index (χ0v) is 11.9. The maximum atomic E-state index is 12.6. The predicted molar refractivity (Wildman–Crippen MR) is 68.7 cm³/mol. The van der Waals surface area contributed by atoms with Crippen molar-refractivity contribution < 1.29 is 18.0 Å². The Balaban J connectivity index is 2.31. The van der Waals surface area contributed by atoms with Crippen molar-refractivity contribution in [3.8, 4) is 0 Å². The van der Waals surface area contributed by atoms with Gasteiger partial charge in [-0.2, -0.15) is 4.31 Å². The fraction of sp³-hybridized carbons (Fsp3) is 0.818. The number of piperidine rings is 1. The van der Waals surface area contributed by atoms with Crippen LogP contribution in [0.2, 0.25) is 0 Å². The Morgan fingerprint density at radius 1 is 1.21 bits per heavy atom. The van der Waals surface area contributed by atoms with Gasteiger partial charge in [-0.1, -0.05) is 0 Å². The van der Waals surface area contributed by atoms with E-state index in [0.29, 0.717) is 25.9 Å². The molecule has 0 atom stereocenters. The van der Waals surface area contributed by atoms with E-state index in [1.807, 2.05) is 0 Å². The van der Waals surface area contributed by atoms with Crippen LogP contribution in [0, 0.1) is 0 Å². The number of nitrogens with one attached hydrogen (secondary N) is 2. The SMILES string of the molecule is CC1(C)C(=O)NC(=O)CN1S(=O)(=O)C1CCNCC1. The zero-order chi connectivity index (χ0) is 14.3. The Morgan fingerprint density at radius 2 is 1.79 bits per heavy atom. The highest BCUT2D eigenvalue weighted by atomic mass is 32.2. The lowest BCUT2D eigenvalue weighted by molar-refractivity contribution is -0.141. The Hall–Kier alpha value is -0.990. The van der Waals surface area contributed by atoms with Crippen molar-refractivity contribution in [2.45, 2.75) is 37.5 Å². The van der Waals surface area contributed by atoms with E-state index in [4.69, 9.17) is 0 Å². The monoisotopic (exact) mass is 289 g/mol. The van der Waals surface area contributed by atoms with Crippen molar-refractivity contribution in [1.82, 2.24) is 14.9 Å². The molecule has 0 saturated carbocycles. The van der Waals surface area contributed by atoms with Gasteiger partial charge in [-0.15, -0.1) is 0 Å². The van der Waals surface area contributed by atoms with Gasteiger partial charge in [-0.05, 0) is 39.8 Å². The van der Waals surface area contributed by atoms with Crippen LogP contribution in [-0.2, 0) is 19.6 Å². The summed E-state index contributed by atoms with van der Waals surface area (Å²) < 4.78 is 26.3. The molecular weight excluding hydrogens is 270 g/mol. The number of hydrogen-bond acceptors (Lipinski definition) is 5. The van der Waals surface area contributed by atoms with Crippen LogP contribution in [0.5, 0.6) is 0 Å². The Labute approximate surface area is 112 Å². The van der Waals surface area contributed by atoms with Crippen LogP contribution in [0.4, 0.5) is 0 Å². The lowest BCUT2D eigenvalue weighted by Gasteiger charge is -2.41. The average molecular weight is 289 g/mol. The smallest absolute Gasteiger partial charge is 0.247 e. The van der Waals surface area contributed by atoms with Gasteiger partial charge in [0.2, 0.25) is 21.8 Å². The minimum atomic E-state index is -3.65. The van der Waals surface area contributed by atoms with Crippen LogP contribution in [0.25, 0.3) is 0 Å². The Morgan fingerprint density at radius 3 is 2.37 bits per heavy atom. The number of sulfonamides is 1. The molecule has 0 bridgehead atoms. The topological polar surface area (TPSA) is 95.6 Å². The molecule has 0 aliphatic carbocycles. The van der Waals surface area contributed by atoms with Crippen LogP contribution in [0.15, 0.2) is 0 Å². The minimum Gasteiger partial charge on any atom is -0.317 e. The van der Waals surface area contributed by atoms with Gasteiger partial charge in [0.05, 0.1) is 11.8 Å². The van der Waals surface area contributed by atoms with Gasteiger partial charge in [0.25, 0.3) is 0 Å². The maximum absolute atomic E-state index is 12.6. The summed E-state index contributed by atoms with van der Waals surface area (Å²) in [5, 5.41) is 4.76. The molecule has 2 saturated heterocycles. The lowest BCUT2D eigenvalue weighted by Crippen LogP contribution is -2.66. The standard InChI is InChI=1S/C11H19N3O4S/c1-11(2)10(16)13-9(15)7-14(11)19(17,18)8-3-5-12-6-4-8/h8,12H,3-7H2,1-2H3,(H,13,15,16). The molecule has 2 amide bonds. The summed E-state index contributed by atoms with van der Waals surface area (Å²) in [5.74, 6) is -1.14. The van der Waals surface area contributed by atoms with Crippen LogP contribution >= 0.6 is 0 Å². The number of amides is 2. The first-order valence-corrected chi connectivity index (χ1v) is 7.83. The van der Waals surface area contributed by atoms with Gasteiger partial charge < -0.3 is 5.32 Å². The number of carbonyl (C=O) groups excluding carboxylic acids is 2. The first kappa shape index (κ1) is 14.4. The molecule has 8 heteroatoms. The van der Waals surface area contributed by atoms with E-state index in [1.165, 1.54) is 13.8 Å². The predicted octanol–water partition coefficient (Wildman–Crippen LogP) is -1.19. The lowest BCUT2D eigenvalue weighted by atomic mass is 10.0. The molecule has 7 nitrogen and oxygen atoms in total. The van der Waals surface area contributed by atoms with E-state index < -0.39 is 32.6 Å². The van der Waals surface area contributed by atoms with E-state index in [-0.39, 0.29) is 6.54 Å². The summed E-state index contributed by atoms with van der Waals surface area (Å²) in [6.45, 7) is 4.03. The third-order valence-electron chi connectivity index (χ3n) is 3.73. The molecule has 108 valence electrons. The maximum Gasteiger partial charge on any atom is 0.247 e. The molecule has 0 aromatic heterocycles. The first-order chi connectivity index (χ1) is 8.76. The number of imide groups is 1. The largest absolute Gasteiger partial charge is 0.317 e. The van der Waals surface area contributed by atoms with E-state index in [9.17, 15) is 18.0 Å². The summed E-state index contributed by atoms with van der Waals surface area (Å²) in [7, 11) is -3.65. The summed E-state index contributed by atoms with van der Waals surface area (Å²) in [5.41, 5.74) is -1.22. The van der Waals surface area contributed by atoms with E-state index in [2.05, 4.69) is 10.6 Å². The van der Waals surface area contributed by atoms with Gasteiger partial charge in [0.1, 0.15) is 5.54 Å². The zero-order valence-electron chi connectivity index (χ0n) is 11.1. The minimum absolute atomic E-state index is 0.287. The Bertz CT molecular complexity index is 494. The highest BCUT2D eigenvalue weighted by molar-refractivity contribution is 7.89. The van der Waals surface area contributed by atoms with Gasteiger partial charge in [0, 0.05) is 0 Å². The highest BCUT2D eigenvalue weighted by Gasteiger charge is 2.49. The molecule has 2 N–H and O–H groups in total. The second-order valence-corrected chi connectivity index (χ2v) is 7.57. The molecule has 2 fully saturated rings. The van der Waals surface area contributed by atoms with Crippen molar-refractivity contribution in [3.63, 3.8) is 0 Å². The number of carbonyl (C=O) groups is 2. The number of rotatable bonds is 2. The molecule has 0 aromatic carbocycles. The third kappa shape index (κ3) is 2.52. The van der Waals surface area contributed by atoms with Gasteiger partial charge in [-0.3, -0.25) is 14.9 Å². The van der Waals surface area contributed by atoms with Crippen molar-refractivity contribution in [1.29, 1.82) is 0 Å². The molecule has 2 aliphatic rings. The molecule has 2 heterocycles.